The van der Waals surface area contributed by atoms with Gasteiger partial charge in [0.15, 0.2) is 0 Å². The Morgan fingerprint density at radius 3 is 2.47 bits per heavy atom. The van der Waals surface area contributed by atoms with Crippen molar-refractivity contribution in [2.75, 3.05) is 11.9 Å². The van der Waals surface area contributed by atoms with Crippen LogP contribution in [0.2, 0.25) is 0 Å². The smallest absolute Gasteiger partial charge is 0.253 e. The number of carbonyl (C=O) groups is 1. The number of primary sulfonamides is 1. The maximum atomic E-state index is 11.9. The molecular weight excluding hydrogens is 268 g/mol. The van der Waals surface area contributed by atoms with Gasteiger partial charge in [0, 0.05) is 12.3 Å². The van der Waals surface area contributed by atoms with Gasteiger partial charge < -0.3 is 10.1 Å². The molecule has 1 aromatic carbocycles. The minimum Gasteiger partial charge on any atom is -0.368 e. The van der Waals surface area contributed by atoms with Gasteiger partial charge in [0.05, 0.1) is 4.90 Å². The number of ether oxygens (including phenoxy) is 1. The van der Waals surface area contributed by atoms with Gasteiger partial charge in [0.1, 0.15) is 6.10 Å². The van der Waals surface area contributed by atoms with Crippen LogP contribution in [0, 0.1) is 5.92 Å². The van der Waals surface area contributed by atoms with E-state index in [1.54, 1.807) is 0 Å². The highest BCUT2D eigenvalue weighted by atomic mass is 32.2. The minimum absolute atomic E-state index is 0.0102. The molecule has 0 aromatic heterocycles. The Morgan fingerprint density at radius 2 is 2.00 bits per heavy atom. The van der Waals surface area contributed by atoms with E-state index in [2.05, 4.69) is 5.32 Å². The van der Waals surface area contributed by atoms with Gasteiger partial charge in [0.25, 0.3) is 5.91 Å². The van der Waals surface area contributed by atoms with Gasteiger partial charge in [-0.3, -0.25) is 4.79 Å². The van der Waals surface area contributed by atoms with E-state index in [1.165, 1.54) is 24.3 Å². The van der Waals surface area contributed by atoms with Crippen molar-refractivity contribution >= 4 is 21.6 Å². The van der Waals surface area contributed by atoms with Gasteiger partial charge in [0.2, 0.25) is 10.0 Å². The SMILES string of the molecule is CC1CCOC1C(=O)Nc1ccc(S(N)(=O)=O)cc1. The summed E-state index contributed by atoms with van der Waals surface area (Å²) >= 11 is 0. The summed E-state index contributed by atoms with van der Waals surface area (Å²) in [7, 11) is -3.71. The lowest BCUT2D eigenvalue weighted by Gasteiger charge is -2.14. The van der Waals surface area contributed by atoms with Crippen molar-refractivity contribution in [3.05, 3.63) is 24.3 Å². The number of amides is 1. The fraction of sp³-hybridized carbons (Fsp3) is 0.417. The lowest BCUT2D eigenvalue weighted by Crippen LogP contribution is -2.31. The Labute approximate surface area is 112 Å². The molecule has 104 valence electrons. The molecule has 6 nitrogen and oxygen atoms in total. The highest BCUT2D eigenvalue weighted by Gasteiger charge is 2.30. The molecule has 0 bridgehead atoms. The summed E-state index contributed by atoms with van der Waals surface area (Å²) in [6.45, 7) is 2.55. The second-order valence-corrected chi connectivity index (χ2v) is 6.18. The average molecular weight is 284 g/mol. The van der Waals surface area contributed by atoms with E-state index < -0.39 is 16.1 Å². The van der Waals surface area contributed by atoms with Gasteiger partial charge in [-0.15, -0.1) is 0 Å². The van der Waals surface area contributed by atoms with E-state index in [4.69, 9.17) is 9.88 Å². The zero-order valence-electron chi connectivity index (χ0n) is 10.5. The van der Waals surface area contributed by atoms with Crippen LogP contribution in [0.3, 0.4) is 0 Å². The molecule has 2 unspecified atom stereocenters. The first kappa shape index (κ1) is 14.0. The Bertz CT molecular complexity index is 568. The molecule has 19 heavy (non-hydrogen) atoms. The fourth-order valence-electron chi connectivity index (χ4n) is 1.97. The van der Waals surface area contributed by atoms with Crippen LogP contribution in [-0.4, -0.2) is 27.0 Å². The fourth-order valence-corrected chi connectivity index (χ4v) is 2.49. The van der Waals surface area contributed by atoms with Crippen molar-refractivity contribution in [1.29, 1.82) is 0 Å². The number of benzene rings is 1. The molecule has 1 fully saturated rings. The highest BCUT2D eigenvalue weighted by Crippen LogP contribution is 2.22. The molecule has 2 rings (SSSR count). The molecule has 0 radical (unpaired) electrons. The van der Waals surface area contributed by atoms with Gasteiger partial charge in [-0.25, -0.2) is 13.6 Å². The molecule has 1 aliphatic rings. The third-order valence-electron chi connectivity index (χ3n) is 3.10. The van der Waals surface area contributed by atoms with Gasteiger partial charge >= 0.3 is 0 Å². The maximum Gasteiger partial charge on any atom is 0.253 e. The molecule has 0 spiro atoms. The minimum atomic E-state index is -3.71. The Balaban J connectivity index is 2.06. The molecule has 2 atom stereocenters. The number of hydrogen-bond donors (Lipinski definition) is 2. The number of nitrogens with two attached hydrogens (primary N) is 1. The van der Waals surface area contributed by atoms with Gasteiger partial charge in [-0.05, 0) is 36.6 Å². The summed E-state index contributed by atoms with van der Waals surface area (Å²) in [4.78, 5) is 11.9. The average Bonchev–Trinajstić information content (AvgIpc) is 2.75. The molecule has 0 saturated carbocycles. The van der Waals surface area contributed by atoms with E-state index in [-0.39, 0.29) is 16.7 Å². The highest BCUT2D eigenvalue weighted by molar-refractivity contribution is 7.89. The quantitative estimate of drug-likeness (QED) is 0.853. The van der Waals surface area contributed by atoms with Crippen LogP contribution in [0.5, 0.6) is 0 Å². The summed E-state index contributed by atoms with van der Waals surface area (Å²) in [6, 6.07) is 5.70. The predicted octanol–water partition coefficient (Wildman–Crippen LogP) is 0.698. The molecule has 3 N–H and O–H groups in total. The molecule has 1 amide bonds. The van der Waals surface area contributed by atoms with Crippen LogP contribution in [0.4, 0.5) is 5.69 Å². The first-order chi connectivity index (χ1) is 8.88. The van der Waals surface area contributed by atoms with E-state index >= 15 is 0 Å². The van der Waals surface area contributed by atoms with Crippen LogP contribution < -0.4 is 10.5 Å². The van der Waals surface area contributed by atoms with Crippen molar-refractivity contribution in [2.45, 2.75) is 24.3 Å². The largest absolute Gasteiger partial charge is 0.368 e. The number of sulfonamides is 1. The van der Waals surface area contributed by atoms with E-state index in [9.17, 15) is 13.2 Å². The van der Waals surface area contributed by atoms with Crippen molar-refractivity contribution in [1.82, 2.24) is 0 Å². The monoisotopic (exact) mass is 284 g/mol. The summed E-state index contributed by atoms with van der Waals surface area (Å²) in [6.07, 6.45) is 0.417. The Hall–Kier alpha value is -1.44. The normalized spacial score (nSPS) is 23.3. The number of rotatable bonds is 3. The van der Waals surface area contributed by atoms with Crippen molar-refractivity contribution in [2.24, 2.45) is 11.1 Å². The number of carbonyl (C=O) groups excluding carboxylic acids is 1. The topological polar surface area (TPSA) is 98.5 Å². The lowest BCUT2D eigenvalue weighted by atomic mass is 10.0. The number of nitrogens with one attached hydrogen (secondary N) is 1. The van der Waals surface area contributed by atoms with Crippen molar-refractivity contribution < 1.29 is 17.9 Å². The maximum absolute atomic E-state index is 11.9. The molecule has 0 aliphatic carbocycles. The first-order valence-corrected chi connectivity index (χ1v) is 7.48. The summed E-state index contributed by atoms with van der Waals surface area (Å²) in [5.41, 5.74) is 0.514. The second-order valence-electron chi connectivity index (χ2n) is 4.62. The third kappa shape index (κ3) is 3.31. The van der Waals surface area contributed by atoms with Crippen molar-refractivity contribution in [3.63, 3.8) is 0 Å². The number of anilines is 1. The van der Waals surface area contributed by atoms with Crippen LogP contribution in [0.1, 0.15) is 13.3 Å². The summed E-state index contributed by atoms with van der Waals surface area (Å²) < 4.78 is 27.5. The van der Waals surface area contributed by atoms with Crippen LogP contribution in [-0.2, 0) is 19.6 Å². The van der Waals surface area contributed by atoms with Crippen LogP contribution >= 0.6 is 0 Å². The molecule has 7 heteroatoms. The van der Waals surface area contributed by atoms with Crippen LogP contribution in [0.25, 0.3) is 0 Å². The lowest BCUT2D eigenvalue weighted by molar-refractivity contribution is -0.126. The number of hydrogen-bond acceptors (Lipinski definition) is 4. The molecular formula is C12H16N2O4S. The second kappa shape index (κ2) is 5.28. The van der Waals surface area contributed by atoms with E-state index in [0.717, 1.165) is 6.42 Å². The zero-order valence-corrected chi connectivity index (χ0v) is 11.3. The van der Waals surface area contributed by atoms with Gasteiger partial charge in [-0.1, -0.05) is 6.92 Å². The van der Waals surface area contributed by atoms with E-state index in [0.29, 0.717) is 12.3 Å². The Morgan fingerprint density at radius 1 is 1.37 bits per heavy atom. The van der Waals surface area contributed by atoms with Crippen LogP contribution in [0.15, 0.2) is 29.2 Å². The summed E-state index contributed by atoms with van der Waals surface area (Å²) in [5, 5.41) is 7.68. The molecule has 1 aromatic rings. The molecule has 1 aliphatic heterocycles. The first-order valence-electron chi connectivity index (χ1n) is 5.93. The van der Waals surface area contributed by atoms with Crippen molar-refractivity contribution in [3.8, 4) is 0 Å². The third-order valence-corrected chi connectivity index (χ3v) is 4.03. The van der Waals surface area contributed by atoms with E-state index in [1.807, 2.05) is 6.92 Å². The Kier molecular flexibility index (Phi) is 3.88. The molecule has 1 saturated heterocycles. The van der Waals surface area contributed by atoms with Gasteiger partial charge in [-0.2, -0.15) is 0 Å². The molecule has 1 heterocycles. The standard InChI is InChI=1S/C12H16N2O4S/c1-8-6-7-18-11(8)12(15)14-9-2-4-10(5-3-9)19(13,16)17/h2-5,8,11H,6-7H2,1H3,(H,14,15)(H2,13,16,17). The predicted molar refractivity (Wildman–Crippen MR) is 70.0 cm³/mol. The summed E-state index contributed by atoms with van der Waals surface area (Å²) in [5.74, 6) is -0.0305. The zero-order chi connectivity index (χ0) is 14.0.